The van der Waals surface area contributed by atoms with E-state index in [9.17, 15) is 13.2 Å². The SMILES string of the molecule is Cc1cnn(CCCNC(=O)CCNS(=O)(=O)c2cccc(Br)c2)c1. The Morgan fingerprint density at radius 1 is 1.32 bits per heavy atom. The second-order valence-corrected chi connectivity index (χ2v) is 8.27. The third-order valence-corrected chi connectivity index (χ3v) is 5.35. The number of halogens is 1. The summed E-state index contributed by atoms with van der Waals surface area (Å²) in [7, 11) is -3.61. The van der Waals surface area contributed by atoms with Crippen LogP contribution in [0.25, 0.3) is 0 Å². The molecule has 0 unspecified atom stereocenters. The fourth-order valence-electron chi connectivity index (χ4n) is 2.16. The molecule has 1 aromatic carbocycles. The van der Waals surface area contributed by atoms with E-state index in [4.69, 9.17) is 0 Å². The first kappa shape index (κ1) is 19.6. The minimum atomic E-state index is -3.61. The Bertz CT molecular complexity index is 820. The Balaban J connectivity index is 1.66. The van der Waals surface area contributed by atoms with E-state index in [-0.39, 0.29) is 23.8 Å². The molecule has 1 heterocycles. The lowest BCUT2D eigenvalue weighted by molar-refractivity contribution is -0.120. The van der Waals surface area contributed by atoms with Gasteiger partial charge < -0.3 is 5.32 Å². The molecule has 0 aliphatic carbocycles. The Morgan fingerprint density at radius 3 is 2.80 bits per heavy atom. The molecule has 0 aliphatic rings. The van der Waals surface area contributed by atoms with E-state index in [0.717, 1.165) is 18.5 Å². The molecule has 25 heavy (non-hydrogen) atoms. The molecular weight excluding hydrogens is 408 g/mol. The number of nitrogens with zero attached hydrogens (tertiary/aromatic N) is 2. The maximum Gasteiger partial charge on any atom is 0.240 e. The number of carbonyl (C=O) groups is 1. The van der Waals surface area contributed by atoms with Gasteiger partial charge in [0.05, 0.1) is 11.1 Å². The van der Waals surface area contributed by atoms with Crippen molar-refractivity contribution in [3.8, 4) is 0 Å². The van der Waals surface area contributed by atoms with Gasteiger partial charge in [-0.3, -0.25) is 9.48 Å². The fourth-order valence-corrected chi connectivity index (χ4v) is 3.79. The summed E-state index contributed by atoms with van der Waals surface area (Å²) >= 11 is 3.24. The molecule has 1 aromatic heterocycles. The van der Waals surface area contributed by atoms with E-state index in [1.165, 1.54) is 12.1 Å². The zero-order chi connectivity index (χ0) is 18.3. The lowest BCUT2D eigenvalue weighted by Gasteiger charge is -2.08. The number of hydrogen-bond acceptors (Lipinski definition) is 4. The quantitative estimate of drug-likeness (QED) is 0.595. The number of rotatable bonds is 9. The number of sulfonamides is 1. The molecule has 0 bridgehead atoms. The number of benzene rings is 1. The number of amides is 1. The summed E-state index contributed by atoms with van der Waals surface area (Å²) in [5.74, 6) is -0.186. The van der Waals surface area contributed by atoms with Crippen LogP contribution in [-0.4, -0.2) is 37.2 Å². The van der Waals surface area contributed by atoms with Gasteiger partial charge in [0, 0.05) is 36.7 Å². The molecule has 0 saturated heterocycles. The molecule has 0 fully saturated rings. The summed E-state index contributed by atoms with van der Waals surface area (Å²) in [5, 5.41) is 6.94. The van der Waals surface area contributed by atoms with Gasteiger partial charge in [-0.15, -0.1) is 0 Å². The zero-order valence-electron chi connectivity index (χ0n) is 13.9. The van der Waals surface area contributed by atoms with Gasteiger partial charge in [-0.25, -0.2) is 13.1 Å². The highest BCUT2D eigenvalue weighted by Crippen LogP contribution is 2.15. The third-order valence-electron chi connectivity index (χ3n) is 3.40. The van der Waals surface area contributed by atoms with Gasteiger partial charge in [-0.2, -0.15) is 5.10 Å². The summed E-state index contributed by atoms with van der Waals surface area (Å²) in [5.41, 5.74) is 1.10. The van der Waals surface area contributed by atoms with E-state index in [1.807, 2.05) is 17.8 Å². The van der Waals surface area contributed by atoms with Gasteiger partial charge in [0.2, 0.25) is 15.9 Å². The largest absolute Gasteiger partial charge is 0.356 e. The van der Waals surface area contributed by atoms with Crippen LogP contribution in [0.3, 0.4) is 0 Å². The molecule has 0 radical (unpaired) electrons. The lowest BCUT2D eigenvalue weighted by Crippen LogP contribution is -2.31. The summed E-state index contributed by atoms with van der Waals surface area (Å²) in [6, 6.07) is 6.41. The normalized spacial score (nSPS) is 11.4. The highest BCUT2D eigenvalue weighted by Gasteiger charge is 2.14. The maximum absolute atomic E-state index is 12.1. The smallest absolute Gasteiger partial charge is 0.240 e. The maximum atomic E-state index is 12.1. The molecule has 0 atom stereocenters. The Hall–Kier alpha value is -1.71. The molecule has 1 amide bonds. The number of aryl methyl sites for hydroxylation is 2. The van der Waals surface area contributed by atoms with E-state index in [2.05, 4.69) is 31.1 Å². The fraction of sp³-hybridized carbons (Fsp3) is 0.375. The second-order valence-electron chi connectivity index (χ2n) is 5.59. The van der Waals surface area contributed by atoms with Crippen molar-refractivity contribution in [2.75, 3.05) is 13.1 Å². The van der Waals surface area contributed by atoms with Crippen LogP contribution in [0.4, 0.5) is 0 Å². The minimum Gasteiger partial charge on any atom is -0.356 e. The average Bonchev–Trinajstić information content (AvgIpc) is 2.97. The monoisotopic (exact) mass is 428 g/mol. The predicted octanol–water partition coefficient (Wildman–Crippen LogP) is 1.83. The van der Waals surface area contributed by atoms with Crippen molar-refractivity contribution in [1.82, 2.24) is 19.8 Å². The lowest BCUT2D eigenvalue weighted by atomic mass is 10.3. The number of aromatic nitrogens is 2. The van der Waals surface area contributed by atoms with Gasteiger partial charge >= 0.3 is 0 Å². The van der Waals surface area contributed by atoms with Gasteiger partial charge in [0.1, 0.15) is 0 Å². The molecular formula is C16H21BrN4O3S. The van der Waals surface area contributed by atoms with Gasteiger partial charge in [-0.05, 0) is 37.1 Å². The molecule has 9 heteroatoms. The molecule has 7 nitrogen and oxygen atoms in total. The molecule has 2 N–H and O–H groups in total. The topological polar surface area (TPSA) is 93.1 Å². The summed E-state index contributed by atoms with van der Waals surface area (Å²) in [6.07, 6.45) is 4.58. The number of carbonyl (C=O) groups excluding carboxylic acids is 1. The molecule has 136 valence electrons. The van der Waals surface area contributed by atoms with E-state index in [1.54, 1.807) is 18.3 Å². The first-order valence-corrected chi connectivity index (χ1v) is 10.2. The van der Waals surface area contributed by atoms with Crippen molar-refractivity contribution < 1.29 is 13.2 Å². The van der Waals surface area contributed by atoms with E-state index in [0.29, 0.717) is 11.0 Å². The molecule has 2 rings (SSSR count). The van der Waals surface area contributed by atoms with Gasteiger partial charge in [0.15, 0.2) is 0 Å². The summed E-state index contributed by atoms with van der Waals surface area (Å²) in [6.45, 7) is 3.28. The van der Waals surface area contributed by atoms with Gasteiger partial charge in [-0.1, -0.05) is 22.0 Å². The van der Waals surface area contributed by atoms with Crippen molar-refractivity contribution in [2.45, 2.75) is 31.2 Å². The predicted molar refractivity (Wildman–Crippen MR) is 98.5 cm³/mol. The molecule has 0 aliphatic heterocycles. The highest BCUT2D eigenvalue weighted by atomic mass is 79.9. The van der Waals surface area contributed by atoms with Crippen molar-refractivity contribution in [1.29, 1.82) is 0 Å². The molecule has 2 aromatic rings. The molecule has 0 spiro atoms. The first-order valence-electron chi connectivity index (χ1n) is 7.88. The average molecular weight is 429 g/mol. The van der Waals surface area contributed by atoms with Crippen molar-refractivity contribution in [3.05, 3.63) is 46.7 Å². The Labute approximate surface area is 156 Å². The van der Waals surface area contributed by atoms with Crippen LogP contribution < -0.4 is 10.0 Å². The van der Waals surface area contributed by atoms with Crippen molar-refractivity contribution >= 4 is 31.9 Å². The van der Waals surface area contributed by atoms with Crippen LogP contribution in [0.15, 0.2) is 46.0 Å². The summed E-state index contributed by atoms with van der Waals surface area (Å²) < 4.78 is 29.2. The zero-order valence-corrected chi connectivity index (χ0v) is 16.3. The van der Waals surface area contributed by atoms with Crippen molar-refractivity contribution in [3.63, 3.8) is 0 Å². The molecule has 0 saturated carbocycles. The number of nitrogens with one attached hydrogen (secondary N) is 2. The van der Waals surface area contributed by atoms with E-state index < -0.39 is 10.0 Å². The van der Waals surface area contributed by atoms with Crippen LogP contribution in [0.5, 0.6) is 0 Å². The Morgan fingerprint density at radius 2 is 2.12 bits per heavy atom. The first-order chi connectivity index (χ1) is 11.9. The third kappa shape index (κ3) is 6.60. The van der Waals surface area contributed by atoms with Gasteiger partial charge in [0.25, 0.3) is 0 Å². The van der Waals surface area contributed by atoms with Crippen LogP contribution >= 0.6 is 15.9 Å². The Kier molecular flexibility index (Phi) is 7.15. The minimum absolute atomic E-state index is 0.0546. The van der Waals surface area contributed by atoms with E-state index >= 15 is 0 Å². The highest BCUT2D eigenvalue weighted by molar-refractivity contribution is 9.10. The van der Waals surface area contributed by atoms with Crippen LogP contribution in [0, 0.1) is 6.92 Å². The van der Waals surface area contributed by atoms with Crippen molar-refractivity contribution in [2.24, 2.45) is 0 Å². The van der Waals surface area contributed by atoms with Crippen LogP contribution in [0.1, 0.15) is 18.4 Å². The summed E-state index contributed by atoms with van der Waals surface area (Å²) in [4.78, 5) is 11.9. The standard InChI is InChI=1S/C16H21BrN4O3S/c1-13-11-19-21(12-13)9-3-7-18-16(22)6-8-20-25(23,24)15-5-2-4-14(17)10-15/h2,4-5,10-12,20H,3,6-9H2,1H3,(H,18,22). The van der Waals surface area contributed by atoms with Crippen LogP contribution in [-0.2, 0) is 21.4 Å². The van der Waals surface area contributed by atoms with Crippen LogP contribution in [0.2, 0.25) is 0 Å². The number of hydrogen-bond donors (Lipinski definition) is 2. The second kappa shape index (κ2) is 9.12.